The number of ether oxygens (including phenoxy) is 1. The van der Waals surface area contributed by atoms with Crippen molar-refractivity contribution >= 4 is 0 Å². The highest BCUT2D eigenvalue weighted by Gasteiger charge is 2.22. The number of rotatable bonds is 0. The van der Waals surface area contributed by atoms with Crippen LogP contribution in [0.5, 0.6) is 0 Å². The summed E-state index contributed by atoms with van der Waals surface area (Å²) in [5, 5.41) is 0. The van der Waals surface area contributed by atoms with E-state index < -0.39 is 0 Å². The fourth-order valence-electron chi connectivity index (χ4n) is 1.77. The molecule has 0 aromatic heterocycles. The predicted octanol–water partition coefficient (Wildman–Crippen LogP) is 3.08. The molecule has 0 unspecified atom stereocenters. The minimum absolute atomic E-state index is 0.258. The van der Waals surface area contributed by atoms with Crippen molar-refractivity contribution in [1.82, 2.24) is 0 Å². The Morgan fingerprint density at radius 1 is 1.17 bits per heavy atom. The quantitative estimate of drug-likeness (QED) is 0.537. The highest BCUT2D eigenvalue weighted by molar-refractivity contribution is 5.38. The molecule has 1 heteroatoms. The molecule has 0 aliphatic carbocycles. The lowest BCUT2D eigenvalue weighted by atomic mass is 9.92. The lowest BCUT2D eigenvalue weighted by Gasteiger charge is -2.30. The van der Waals surface area contributed by atoms with E-state index in [1.807, 2.05) is 0 Å². The van der Waals surface area contributed by atoms with Gasteiger partial charge in [0.25, 0.3) is 0 Å². The van der Waals surface area contributed by atoms with E-state index >= 15 is 0 Å². The highest BCUT2D eigenvalue weighted by atomic mass is 16.5. The van der Waals surface area contributed by atoms with Gasteiger partial charge in [-0.25, -0.2) is 0 Å². The van der Waals surface area contributed by atoms with Crippen molar-refractivity contribution in [1.29, 1.82) is 0 Å². The summed E-state index contributed by atoms with van der Waals surface area (Å²) in [6.45, 7) is 10.6. The first kappa shape index (κ1) is 9.53. The molecule has 2 atom stereocenters. The van der Waals surface area contributed by atoms with E-state index in [-0.39, 0.29) is 12.2 Å². The van der Waals surface area contributed by atoms with Crippen molar-refractivity contribution in [3.63, 3.8) is 0 Å². The Hall–Kier alpha value is -0.560. The third kappa shape index (κ3) is 1.46. The number of hydrogen-bond acceptors (Lipinski definition) is 1. The Balaban J connectivity index is 3.06. The van der Waals surface area contributed by atoms with Crippen LogP contribution in [0.1, 0.15) is 34.6 Å². The fraction of sp³-hybridized carbons (Fsp3) is 0.636. The Bertz CT molecular complexity index is 235. The predicted molar refractivity (Wildman–Crippen MR) is 52.1 cm³/mol. The largest absolute Gasteiger partial charge is 0.367 e. The Morgan fingerprint density at radius 3 is 2.25 bits per heavy atom. The summed E-state index contributed by atoms with van der Waals surface area (Å²) >= 11 is 0. The van der Waals surface area contributed by atoms with Crippen LogP contribution >= 0.6 is 0 Å². The molecule has 1 rings (SSSR count). The zero-order valence-electron chi connectivity index (χ0n) is 8.64. The second-order valence-corrected chi connectivity index (χ2v) is 3.47. The van der Waals surface area contributed by atoms with Gasteiger partial charge in [0.2, 0.25) is 0 Å². The molecule has 0 radical (unpaired) electrons. The molecule has 0 fully saturated rings. The van der Waals surface area contributed by atoms with Crippen molar-refractivity contribution in [3.05, 3.63) is 22.8 Å². The van der Waals surface area contributed by atoms with Crippen LogP contribution in [-0.4, -0.2) is 12.2 Å². The first-order chi connectivity index (χ1) is 5.57. The average molecular weight is 166 g/mol. The third-order valence-electron chi connectivity index (χ3n) is 2.79. The van der Waals surface area contributed by atoms with Gasteiger partial charge in [-0.05, 0) is 51.3 Å². The van der Waals surface area contributed by atoms with Gasteiger partial charge in [0.1, 0.15) is 0 Å². The van der Waals surface area contributed by atoms with E-state index in [0.29, 0.717) is 0 Å². The molecule has 0 bridgehead atoms. The minimum Gasteiger partial charge on any atom is -0.367 e. The Labute approximate surface area is 75.1 Å². The van der Waals surface area contributed by atoms with Gasteiger partial charge in [0.15, 0.2) is 0 Å². The molecule has 1 aliphatic rings. The van der Waals surface area contributed by atoms with E-state index in [1.54, 1.807) is 0 Å². The minimum atomic E-state index is 0.258. The van der Waals surface area contributed by atoms with Crippen LogP contribution in [0.3, 0.4) is 0 Å². The van der Waals surface area contributed by atoms with Crippen LogP contribution in [0.25, 0.3) is 0 Å². The van der Waals surface area contributed by atoms with E-state index in [9.17, 15) is 0 Å². The normalized spacial score (nSPS) is 34.6. The lowest BCUT2D eigenvalue weighted by Crippen LogP contribution is -2.26. The summed E-state index contributed by atoms with van der Waals surface area (Å²) in [6.07, 6.45) is 2.69. The van der Waals surface area contributed by atoms with Crippen molar-refractivity contribution in [2.45, 2.75) is 46.8 Å². The van der Waals surface area contributed by atoms with Gasteiger partial charge < -0.3 is 4.74 Å². The standard InChI is InChI=1S/C11H18O/c1-6-11-8(3)7(2)9(4)12-10(11)5/h6,9-10H,1-5H3/b11-6+/t9-,10+/m1/s1. The molecule has 0 spiro atoms. The molecular formula is C11H18O. The maximum Gasteiger partial charge on any atom is 0.0804 e. The van der Waals surface area contributed by atoms with Gasteiger partial charge in [-0.15, -0.1) is 0 Å². The fourth-order valence-corrected chi connectivity index (χ4v) is 1.77. The van der Waals surface area contributed by atoms with Crippen molar-refractivity contribution in [2.75, 3.05) is 0 Å². The molecule has 1 nitrogen and oxygen atoms in total. The van der Waals surface area contributed by atoms with Crippen LogP contribution in [0.4, 0.5) is 0 Å². The molecule has 0 saturated heterocycles. The van der Waals surface area contributed by atoms with Crippen LogP contribution in [0.2, 0.25) is 0 Å². The van der Waals surface area contributed by atoms with Crippen molar-refractivity contribution < 1.29 is 4.74 Å². The van der Waals surface area contributed by atoms with E-state index in [0.717, 1.165) is 0 Å². The maximum atomic E-state index is 5.75. The SMILES string of the molecule is C/C=C1\C(C)=C(C)[C@@H](C)O[C@H]1C. The first-order valence-electron chi connectivity index (χ1n) is 4.57. The Kier molecular flexibility index (Phi) is 2.73. The van der Waals surface area contributed by atoms with Crippen molar-refractivity contribution in [2.24, 2.45) is 0 Å². The molecule has 12 heavy (non-hydrogen) atoms. The van der Waals surface area contributed by atoms with E-state index in [4.69, 9.17) is 4.74 Å². The van der Waals surface area contributed by atoms with Gasteiger partial charge >= 0.3 is 0 Å². The van der Waals surface area contributed by atoms with Gasteiger partial charge in [0, 0.05) is 0 Å². The summed E-state index contributed by atoms with van der Waals surface area (Å²) in [7, 11) is 0. The molecule has 0 aromatic carbocycles. The van der Waals surface area contributed by atoms with Gasteiger partial charge in [-0.2, -0.15) is 0 Å². The number of hydrogen-bond donors (Lipinski definition) is 0. The summed E-state index contributed by atoms with van der Waals surface area (Å²) in [5.41, 5.74) is 4.11. The lowest BCUT2D eigenvalue weighted by molar-refractivity contribution is 0.0418. The second kappa shape index (κ2) is 3.44. The van der Waals surface area contributed by atoms with Gasteiger partial charge in [0.05, 0.1) is 12.2 Å². The summed E-state index contributed by atoms with van der Waals surface area (Å²) in [5.74, 6) is 0. The zero-order valence-corrected chi connectivity index (χ0v) is 8.64. The van der Waals surface area contributed by atoms with Gasteiger partial charge in [-0.1, -0.05) is 6.08 Å². The molecule has 68 valence electrons. The molecule has 1 aliphatic heterocycles. The van der Waals surface area contributed by atoms with Crippen LogP contribution in [-0.2, 0) is 4.74 Å². The number of allylic oxidation sites excluding steroid dienone is 1. The molecule has 0 aromatic rings. The zero-order chi connectivity index (χ0) is 9.30. The molecule has 0 N–H and O–H groups in total. The average Bonchev–Trinajstić information content (AvgIpc) is 2.01. The van der Waals surface area contributed by atoms with Crippen LogP contribution in [0, 0.1) is 0 Å². The highest BCUT2D eigenvalue weighted by Crippen LogP contribution is 2.29. The van der Waals surface area contributed by atoms with Crippen LogP contribution in [0.15, 0.2) is 22.8 Å². The van der Waals surface area contributed by atoms with E-state index in [1.165, 1.54) is 16.7 Å². The monoisotopic (exact) mass is 166 g/mol. The Morgan fingerprint density at radius 2 is 1.75 bits per heavy atom. The van der Waals surface area contributed by atoms with E-state index in [2.05, 4.69) is 40.7 Å². The molecule has 1 heterocycles. The third-order valence-corrected chi connectivity index (χ3v) is 2.79. The topological polar surface area (TPSA) is 9.23 Å². The molecular weight excluding hydrogens is 148 g/mol. The first-order valence-corrected chi connectivity index (χ1v) is 4.57. The summed E-state index contributed by atoms with van der Waals surface area (Å²) < 4.78 is 5.75. The second-order valence-electron chi connectivity index (χ2n) is 3.47. The molecule has 0 amide bonds. The van der Waals surface area contributed by atoms with Crippen LogP contribution < -0.4 is 0 Å². The maximum absolute atomic E-state index is 5.75. The smallest absolute Gasteiger partial charge is 0.0804 e. The van der Waals surface area contributed by atoms with Gasteiger partial charge in [-0.3, -0.25) is 0 Å². The summed E-state index contributed by atoms with van der Waals surface area (Å²) in [6, 6.07) is 0. The molecule has 0 saturated carbocycles. The van der Waals surface area contributed by atoms with Crippen molar-refractivity contribution in [3.8, 4) is 0 Å². The summed E-state index contributed by atoms with van der Waals surface area (Å²) in [4.78, 5) is 0.